The number of allylic oxidation sites excluding steroid dienone is 1. The Hall–Kier alpha value is -2.43. The number of hydrogen-bond donors (Lipinski definition) is 0. The van der Waals surface area contributed by atoms with Crippen LogP contribution in [0.4, 0.5) is 0 Å². The summed E-state index contributed by atoms with van der Waals surface area (Å²) in [4.78, 5) is 13.9. The zero-order chi connectivity index (χ0) is 21.0. The van der Waals surface area contributed by atoms with E-state index in [4.69, 9.17) is 9.47 Å². The maximum absolute atomic E-state index is 11.4. The van der Waals surface area contributed by atoms with Crippen molar-refractivity contribution in [2.24, 2.45) is 5.92 Å². The van der Waals surface area contributed by atoms with Crippen LogP contribution in [0.15, 0.2) is 72.8 Å². The van der Waals surface area contributed by atoms with Crippen LogP contribution < -0.4 is 0 Å². The van der Waals surface area contributed by atoms with E-state index in [9.17, 15) is 4.79 Å². The standard InChI is InChI=1S/C26H33NO3/c1-2-29-25(28)15-9-10-22-16-18-27(19-17-22)20-21-30-26(23-11-5-3-6-12-23)24-13-7-4-8-14-24/h3-9,11-15,22,26H,2,10,16-21H2,1H3/b15-9+. The molecule has 2 aromatic rings. The molecule has 30 heavy (non-hydrogen) atoms. The number of carbonyl (C=O) groups is 1. The number of rotatable bonds is 10. The van der Waals surface area contributed by atoms with Gasteiger partial charge in [0, 0.05) is 12.6 Å². The monoisotopic (exact) mass is 407 g/mol. The van der Waals surface area contributed by atoms with Crippen molar-refractivity contribution in [1.29, 1.82) is 0 Å². The first-order valence-corrected chi connectivity index (χ1v) is 11.0. The lowest BCUT2D eigenvalue weighted by Crippen LogP contribution is -2.36. The molecule has 1 fully saturated rings. The minimum absolute atomic E-state index is 0.0297. The number of likely N-dealkylation sites (tertiary alicyclic amines) is 1. The Morgan fingerprint density at radius 2 is 1.63 bits per heavy atom. The van der Waals surface area contributed by atoms with Crippen LogP contribution >= 0.6 is 0 Å². The largest absolute Gasteiger partial charge is 0.463 e. The number of ether oxygens (including phenoxy) is 2. The maximum Gasteiger partial charge on any atom is 0.330 e. The molecule has 0 amide bonds. The molecule has 0 saturated carbocycles. The van der Waals surface area contributed by atoms with E-state index >= 15 is 0 Å². The van der Waals surface area contributed by atoms with Crippen LogP contribution in [0, 0.1) is 5.92 Å². The molecule has 0 radical (unpaired) electrons. The molecule has 1 aliphatic rings. The van der Waals surface area contributed by atoms with Gasteiger partial charge in [-0.15, -0.1) is 0 Å². The van der Waals surface area contributed by atoms with Gasteiger partial charge < -0.3 is 14.4 Å². The van der Waals surface area contributed by atoms with Crippen molar-refractivity contribution in [3.8, 4) is 0 Å². The molecule has 1 heterocycles. The van der Waals surface area contributed by atoms with E-state index in [2.05, 4.69) is 53.4 Å². The normalized spacial score (nSPS) is 15.7. The molecule has 160 valence electrons. The van der Waals surface area contributed by atoms with Crippen molar-refractivity contribution in [3.05, 3.63) is 83.9 Å². The third kappa shape index (κ3) is 7.12. The summed E-state index contributed by atoms with van der Waals surface area (Å²) < 4.78 is 11.3. The first kappa shape index (κ1) is 22.3. The van der Waals surface area contributed by atoms with Gasteiger partial charge in [-0.05, 0) is 56.3 Å². The Labute approximate surface area is 180 Å². The van der Waals surface area contributed by atoms with Crippen LogP contribution in [-0.2, 0) is 14.3 Å². The van der Waals surface area contributed by atoms with Gasteiger partial charge in [-0.3, -0.25) is 0 Å². The fourth-order valence-electron chi connectivity index (χ4n) is 3.93. The van der Waals surface area contributed by atoms with Crippen LogP contribution in [0.1, 0.15) is 43.4 Å². The lowest BCUT2D eigenvalue weighted by atomic mass is 9.93. The van der Waals surface area contributed by atoms with E-state index in [1.807, 2.05) is 25.1 Å². The van der Waals surface area contributed by atoms with Crippen molar-refractivity contribution < 1.29 is 14.3 Å². The average molecular weight is 408 g/mol. The van der Waals surface area contributed by atoms with Crippen LogP contribution in [-0.4, -0.2) is 43.7 Å². The number of carbonyl (C=O) groups excluding carboxylic acids is 1. The highest BCUT2D eigenvalue weighted by Crippen LogP contribution is 2.26. The number of benzene rings is 2. The topological polar surface area (TPSA) is 38.8 Å². The van der Waals surface area contributed by atoms with Crippen molar-refractivity contribution in [2.75, 3.05) is 32.8 Å². The summed E-state index contributed by atoms with van der Waals surface area (Å²) in [5.74, 6) is 0.410. The second kappa shape index (κ2) is 12.3. The van der Waals surface area contributed by atoms with Crippen molar-refractivity contribution >= 4 is 5.97 Å². The molecule has 2 aromatic carbocycles. The van der Waals surface area contributed by atoms with E-state index in [0.29, 0.717) is 19.1 Å². The first-order valence-electron chi connectivity index (χ1n) is 11.0. The van der Waals surface area contributed by atoms with Gasteiger partial charge in [0.15, 0.2) is 0 Å². The Morgan fingerprint density at radius 1 is 1.03 bits per heavy atom. The lowest BCUT2D eigenvalue weighted by Gasteiger charge is -2.32. The third-order valence-electron chi connectivity index (χ3n) is 5.61. The van der Waals surface area contributed by atoms with Gasteiger partial charge in [-0.25, -0.2) is 4.79 Å². The molecule has 3 rings (SSSR count). The number of nitrogens with zero attached hydrogens (tertiary/aromatic N) is 1. The molecule has 1 aliphatic heterocycles. The molecule has 0 aromatic heterocycles. The summed E-state index contributed by atoms with van der Waals surface area (Å²) in [6, 6.07) is 20.9. The highest BCUT2D eigenvalue weighted by Gasteiger charge is 2.19. The van der Waals surface area contributed by atoms with Gasteiger partial charge in [0.1, 0.15) is 6.10 Å². The third-order valence-corrected chi connectivity index (χ3v) is 5.61. The van der Waals surface area contributed by atoms with Gasteiger partial charge in [0.2, 0.25) is 0 Å². The zero-order valence-electron chi connectivity index (χ0n) is 17.9. The van der Waals surface area contributed by atoms with Crippen LogP contribution in [0.5, 0.6) is 0 Å². The molecule has 0 bridgehead atoms. The molecule has 0 atom stereocenters. The number of hydrogen-bond acceptors (Lipinski definition) is 4. The van der Waals surface area contributed by atoms with Crippen molar-refractivity contribution in [3.63, 3.8) is 0 Å². The predicted octanol–water partition coefficient (Wildman–Crippen LogP) is 5.01. The van der Waals surface area contributed by atoms with Crippen molar-refractivity contribution in [1.82, 2.24) is 4.90 Å². The van der Waals surface area contributed by atoms with E-state index in [-0.39, 0.29) is 12.1 Å². The number of piperidine rings is 1. The summed E-state index contributed by atoms with van der Waals surface area (Å²) in [5.41, 5.74) is 2.38. The van der Waals surface area contributed by atoms with E-state index in [1.165, 1.54) is 11.1 Å². The van der Waals surface area contributed by atoms with Crippen LogP contribution in [0.25, 0.3) is 0 Å². The molecular weight excluding hydrogens is 374 g/mol. The molecule has 0 N–H and O–H groups in total. The van der Waals surface area contributed by atoms with Crippen LogP contribution in [0.2, 0.25) is 0 Å². The second-order valence-corrected chi connectivity index (χ2v) is 7.75. The molecule has 0 unspecified atom stereocenters. The van der Waals surface area contributed by atoms with Gasteiger partial charge in [0.25, 0.3) is 0 Å². The molecule has 4 heteroatoms. The van der Waals surface area contributed by atoms with Gasteiger partial charge in [-0.1, -0.05) is 66.7 Å². The van der Waals surface area contributed by atoms with Crippen molar-refractivity contribution in [2.45, 2.75) is 32.3 Å². The summed E-state index contributed by atoms with van der Waals surface area (Å²) in [6.45, 7) is 6.08. The number of esters is 1. The SMILES string of the molecule is CCOC(=O)/C=C/CC1CCN(CCOC(c2ccccc2)c2ccccc2)CC1. The Morgan fingerprint density at radius 3 is 2.20 bits per heavy atom. The first-order chi connectivity index (χ1) is 14.8. The summed E-state index contributed by atoms with van der Waals surface area (Å²) >= 11 is 0. The minimum Gasteiger partial charge on any atom is -0.463 e. The zero-order valence-corrected chi connectivity index (χ0v) is 17.9. The smallest absolute Gasteiger partial charge is 0.330 e. The average Bonchev–Trinajstić information content (AvgIpc) is 2.79. The Bertz CT molecular complexity index is 728. The molecular formula is C26H33NO3. The molecule has 4 nitrogen and oxygen atoms in total. The molecule has 1 saturated heterocycles. The van der Waals surface area contributed by atoms with E-state index in [0.717, 1.165) is 38.9 Å². The Balaban J connectivity index is 1.43. The summed E-state index contributed by atoms with van der Waals surface area (Å²) in [5, 5.41) is 0. The van der Waals surface area contributed by atoms with E-state index in [1.54, 1.807) is 6.08 Å². The van der Waals surface area contributed by atoms with Gasteiger partial charge in [-0.2, -0.15) is 0 Å². The summed E-state index contributed by atoms with van der Waals surface area (Å²) in [7, 11) is 0. The fraction of sp³-hybridized carbons (Fsp3) is 0.423. The predicted molar refractivity (Wildman–Crippen MR) is 120 cm³/mol. The summed E-state index contributed by atoms with van der Waals surface area (Å²) in [6.07, 6.45) is 6.77. The van der Waals surface area contributed by atoms with E-state index < -0.39 is 0 Å². The highest BCUT2D eigenvalue weighted by atomic mass is 16.5. The Kier molecular flexibility index (Phi) is 9.13. The van der Waals surface area contributed by atoms with Crippen LogP contribution in [0.3, 0.4) is 0 Å². The van der Waals surface area contributed by atoms with Gasteiger partial charge >= 0.3 is 5.97 Å². The molecule has 0 aliphatic carbocycles. The highest BCUT2D eigenvalue weighted by molar-refractivity contribution is 5.81. The maximum atomic E-state index is 11.4. The molecule has 0 spiro atoms. The minimum atomic E-state index is -0.238. The van der Waals surface area contributed by atoms with Gasteiger partial charge in [0.05, 0.1) is 13.2 Å². The fourth-order valence-corrected chi connectivity index (χ4v) is 3.93. The lowest BCUT2D eigenvalue weighted by molar-refractivity contribution is -0.137. The quantitative estimate of drug-likeness (QED) is 0.410. The second-order valence-electron chi connectivity index (χ2n) is 7.75.